The highest BCUT2D eigenvalue weighted by Gasteiger charge is 2.30. The maximum atomic E-state index is 12.8. The number of benzene rings is 2. The van der Waals surface area contributed by atoms with Crippen LogP contribution in [-0.2, 0) is 0 Å². The Balaban J connectivity index is 2.24. The molecule has 2 rings (SSSR count). The van der Waals surface area contributed by atoms with Crippen molar-refractivity contribution in [1.29, 1.82) is 0 Å². The smallest absolute Gasteiger partial charge is 0.256 e. The highest BCUT2D eigenvalue weighted by Crippen LogP contribution is 2.03. The Hall–Kier alpha value is -2.46. The van der Waals surface area contributed by atoms with Gasteiger partial charge in [0.05, 0.1) is 13.1 Å². The molecule has 0 aliphatic carbocycles. The van der Waals surface area contributed by atoms with Gasteiger partial charge >= 0.3 is 0 Å². The van der Waals surface area contributed by atoms with Crippen molar-refractivity contribution >= 4 is 11.7 Å². The van der Waals surface area contributed by atoms with Crippen molar-refractivity contribution in [3.8, 4) is 0 Å². The van der Waals surface area contributed by atoms with E-state index in [0.717, 1.165) is 18.0 Å². The van der Waals surface area contributed by atoms with Gasteiger partial charge in [-0.15, -0.1) is 0 Å². The maximum absolute atomic E-state index is 12.8. The quantitative estimate of drug-likeness (QED) is 0.602. The molecule has 0 radical (unpaired) electrons. The maximum Gasteiger partial charge on any atom is 0.256 e. The monoisotopic (exact) mass is 311 g/mol. The topological polar surface area (TPSA) is 50.6 Å². The summed E-state index contributed by atoms with van der Waals surface area (Å²) >= 11 is 0. The van der Waals surface area contributed by atoms with Crippen LogP contribution in [0.25, 0.3) is 0 Å². The molecule has 0 aliphatic rings. The number of ketones is 1. The summed E-state index contributed by atoms with van der Waals surface area (Å²) in [6, 6.07) is 18.1. The number of rotatable bonds is 7. The zero-order valence-electron chi connectivity index (χ0n) is 13.6. The standard InChI is InChI=1S/C19H22N2O2/c1-3-21(4-2)18(17(22)15-11-7-5-8-12-15)20-19(23)16-13-9-6-10-14-16/h5-14,18H,3-4H2,1-2H3,(H,20,23)/p+1/t18-/m1/s1. The Labute approximate surface area is 137 Å². The average molecular weight is 311 g/mol. The third-order valence-corrected chi connectivity index (χ3v) is 3.95. The summed E-state index contributed by atoms with van der Waals surface area (Å²) in [4.78, 5) is 26.3. The van der Waals surface area contributed by atoms with E-state index in [2.05, 4.69) is 5.32 Å². The minimum atomic E-state index is -0.583. The van der Waals surface area contributed by atoms with Gasteiger partial charge in [-0.3, -0.25) is 14.9 Å². The molecule has 0 aliphatic heterocycles. The van der Waals surface area contributed by atoms with Crippen molar-refractivity contribution in [3.63, 3.8) is 0 Å². The van der Waals surface area contributed by atoms with Gasteiger partial charge in [0.15, 0.2) is 0 Å². The van der Waals surface area contributed by atoms with Gasteiger partial charge in [-0.05, 0) is 26.0 Å². The van der Waals surface area contributed by atoms with E-state index in [1.807, 2.05) is 50.2 Å². The largest absolute Gasteiger partial charge is 0.309 e. The van der Waals surface area contributed by atoms with Gasteiger partial charge in [0.25, 0.3) is 5.91 Å². The molecule has 2 N–H and O–H groups in total. The summed E-state index contributed by atoms with van der Waals surface area (Å²) in [5, 5.41) is 2.91. The van der Waals surface area contributed by atoms with E-state index in [1.165, 1.54) is 0 Å². The molecule has 4 nitrogen and oxygen atoms in total. The fourth-order valence-corrected chi connectivity index (χ4v) is 2.58. The number of amides is 1. The first kappa shape index (κ1) is 16.9. The number of carbonyl (C=O) groups excluding carboxylic acids is 2. The number of nitrogens with one attached hydrogen (secondary N) is 2. The predicted octanol–water partition coefficient (Wildman–Crippen LogP) is 1.55. The van der Waals surface area contributed by atoms with Crippen LogP contribution in [0.1, 0.15) is 34.6 Å². The lowest BCUT2D eigenvalue weighted by molar-refractivity contribution is -0.914. The first-order valence-electron chi connectivity index (χ1n) is 7.97. The minimum absolute atomic E-state index is 0.0615. The van der Waals surface area contributed by atoms with Gasteiger partial charge in [0.1, 0.15) is 0 Å². The van der Waals surface area contributed by atoms with Crippen LogP contribution in [0.2, 0.25) is 0 Å². The lowest BCUT2D eigenvalue weighted by atomic mass is 10.1. The van der Waals surface area contributed by atoms with Gasteiger partial charge in [0, 0.05) is 11.1 Å². The van der Waals surface area contributed by atoms with Crippen LogP contribution in [0.4, 0.5) is 0 Å². The highest BCUT2D eigenvalue weighted by atomic mass is 16.2. The second-order valence-electron chi connectivity index (χ2n) is 5.37. The third kappa shape index (κ3) is 4.27. The van der Waals surface area contributed by atoms with Crippen molar-refractivity contribution in [2.45, 2.75) is 20.0 Å². The molecule has 0 spiro atoms. The Morgan fingerprint density at radius 1 is 0.870 bits per heavy atom. The molecule has 0 bridgehead atoms. The third-order valence-electron chi connectivity index (χ3n) is 3.95. The van der Waals surface area contributed by atoms with Crippen LogP contribution in [0, 0.1) is 0 Å². The molecular weight excluding hydrogens is 288 g/mol. The zero-order chi connectivity index (χ0) is 16.7. The molecule has 4 heteroatoms. The van der Waals surface area contributed by atoms with E-state index >= 15 is 0 Å². The number of Topliss-reactive ketones (excluding diaryl/α,β-unsaturated/α-hetero) is 1. The van der Waals surface area contributed by atoms with E-state index in [0.29, 0.717) is 11.1 Å². The van der Waals surface area contributed by atoms with Crippen molar-refractivity contribution in [2.75, 3.05) is 13.1 Å². The van der Waals surface area contributed by atoms with Crippen molar-refractivity contribution in [2.24, 2.45) is 0 Å². The Kier molecular flexibility index (Phi) is 6.06. The van der Waals surface area contributed by atoms with Gasteiger partial charge in [-0.2, -0.15) is 0 Å². The van der Waals surface area contributed by atoms with Crippen molar-refractivity contribution in [1.82, 2.24) is 5.32 Å². The number of carbonyl (C=O) groups is 2. The van der Waals surface area contributed by atoms with E-state index < -0.39 is 6.17 Å². The highest BCUT2D eigenvalue weighted by molar-refractivity contribution is 6.03. The molecule has 0 heterocycles. The lowest BCUT2D eigenvalue weighted by Crippen LogP contribution is -3.18. The van der Waals surface area contributed by atoms with Crippen LogP contribution >= 0.6 is 0 Å². The molecule has 0 fully saturated rings. The van der Waals surface area contributed by atoms with Gasteiger partial charge in [-0.25, -0.2) is 0 Å². The molecule has 1 atom stereocenters. The van der Waals surface area contributed by atoms with Crippen LogP contribution in [0.5, 0.6) is 0 Å². The summed E-state index contributed by atoms with van der Waals surface area (Å²) in [5.74, 6) is -0.284. The van der Waals surface area contributed by atoms with Gasteiger partial charge in [-0.1, -0.05) is 48.5 Å². The Morgan fingerprint density at radius 3 is 1.83 bits per heavy atom. The number of likely N-dealkylation sites (N-methyl/N-ethyl adjacent to an activating group) is 1. The average Bonchev–Trinajstić information content (AvgIpc) is 2.62. The molecular formula is C19H23N2O2+. The molecule has 2 aromatic carbocycles. The first-order chi connectivity index (χ1) is 11.2. The van der Waals surface area contributed by atoms with Gasteiger partial charge in [0.2, 0.25) is 11.9 Å². The summed E-state index contributed by atoms with van der Waals surface area (Å²) < 4.78 is 0. The molecule has 0 aromatic heterocycles. The van der Waals surface area contributed by atoms with E-state index in [9.17, 15) is 9.59 Å². The number of hydrogen-bond acceptors (Lipinski definition) is 2. The summed E-state index contributed by atoms with van der Waals surface area (Å²) in [7, 11) is 0. The normalized spacial score (nSPS) is 12.0. The van der Waals surface area contributed by atoms with E-state index in [-0.39, 0.29) is 11.7 Å². The fraction of sp³-hybridized carbons (Fsp3) is 0.263. The molecule has 2 aromatic rings. The van der Waals surface area contributed by atoms with Crippen molar-refractivity contribution in [3.05, 3.63) is 71.8 Å². The van der Waals surface area contributed by atoms with Crippen LogP contribution < -0.4 is 10.2 Å². The second-order valence-corrected chi connectivity index (χ2v) is 5.37. The number of hydrogen-bond donors (Lipinski definition) is 2. The Bertz CT molecular complexity index is 637. The van der Waals surface area contributed by atoms with Crippen molar-refractivity contribution < 1.29 is 14.5 Å². The summed E-state index contributed by atoms with van der Waals surface area (Å²) in [6.07, 6.45) is -0.583. The molecule has 23 heavy (non-hydrogen) atoms. The lowest BCUT2D eigenvalue weighted by Gasteiger charge is -2.26. The van der Waals surface area contributed by atoms with Crippen LogP contribution in [0.3, 0.4) is 0 Å². The van der Waals surface area contributed by atoms with E-state index in [1.54, 1.807) is 24.3 Å². The fourth-order valence-electron chi connectivity index (χ4n) is 2.58. The SMILES string of the molecule is CC[NH+](CC)[C@@H](NC(=O)c1ccccc1)C(=O)c1ccccc1. The predicted molar refractivity (Wildman–Crippen MR) is 90.5 cm³/mol. The minimum Gasteiger partial charge on any atom is -0.309 e. The molecule has 0 saturated heterocycles. The van der Waals surface area contributed by atoms with Crippen LogP contribution in [-0.4, -0.2) is 30.9 Å². The first-order valence-corrected chi connectivity index (χ1v) is 7.97. The second kappa shape index (κ2) is 8.25. The summed E-state index contributed by atoms with van der Waals surface area (Å²) in [6.45, 7) is 5.54. The zero-order valence-corrected chi connectivity index (χ0v) is 13.6. The molecule has 120 valence electrons. The number of quaternary nitrogens is 1. The van der Waals surface area contributed by atoms with Crippen LogP contribution in [0.15, 0.2) is 60.7 Å². The molecule has 0 unspecified atom stereocenters. The summed E-state index contributed by atoms with van der Waals surface area (Å²) in [5.41, 5.74) is 1.18. The molecule has 0 saturated carbocycles. The van der Waals surface area contributed by atoms with Gasteiger partial charge < -0.3 is 4.90 Å². The van der Waals surface area contributed by atoms with E-state index in [4.69, 9.17) is 0 Å². The Morgan fingerprint density at radius 2 is 1.35 bits per heavy atom. The molecule has 1 amide bonds.